The summed E-state index contributed by atoms with van der Waals surface area (Å²) in [5.74, 6) is 2.08. The summed E-state index contributed by atoms with van der Waals surface area (Å²) in [6.07, 6.45) is 3.77. The monoisotopic (exact) mass is 497 g/mol. The number of ether oxygens (including phenoxy) is 1. The molecule has 1 aliphatic carbocycles. The Morgan fingerprint density at radius 3 is 2.57 bits per heavy atom. The lowest BCUT2D eigenvalue weighted by Crippen LogP contribution is -2.19. The number of carbonyl (C=O) groups excluding carboxylic acids is 1. The first-order chi connectivity index (χ1) is 17.7. The van der Waals surface area contributed by atoms with Crippen LogP contribution in [0, 0.1) is 0 Å². The van der Waals surface area contributed by atoms with E-state index in [-0.39, 0.29) is 23.5 Å². The predicted octanol–water partition coefficient (Wildman–Crippen LogP) is 5.40. The number of rotatable bonds is 9. The van der Waals surface area contributed by atoms with Crippen LogP contribution in [0.4, 0.5) is 0 Å². The van der Waals surface area contributed by atoms with E-state index >= 15 is 0 Å². The molecule has 2 aromatic carbocycles. The Morgan fingerprint density at radius 1 is 1.08 bits per heavy atom. The molecule has 6 nitrogen and oxygen atoms in total. The molecule has 1 unspecified atom stereocenters. The van der Waals surface area contributed by atoms with E-state index in [1.165, 1.54) is 16.8 Å². The Morgan fingerprint density at radius 2 is 1.86 bits per heavy atom. The normalized spacial score (nSPS) is 16.4. The van der Waals surface area contributed by atoms with Crippen molar-refractivity contribution in [2.45, 2.75) is 51.4 Å². The average molecular weight is 498 g/mol. The van der Waals surface area contributed by atoms with Crippen molar-refractivity contribution in [1.29, 1.82) is 0 Å². The fraction of sp³-hybridized carbons (Fsp3) is 0.387. The summed E-state index contributed by atoms with van der Waals surface area (Å²) in [5, 5.41) is 4.07. The minimum absolute atomic E-state index is 0.119. The molecule has 0 saturated carbocycles. The molecule has 6 heteroatoms. The fourth-order valence-corrected chi connectivity index (χ4v) is 4.80. The van der Waals surface area contributed by atoms with Gasteiger partial charge in [0.2, 0.25) is 0 Å². The number of fused-ring (bicyclic) bond motifs is 3. The van der Waals surface area contributed by atoms with Gasteiger partial charge in [-0.1, -0.05) is 56.3 Å². The first kappa shape index (κ1) is 25.2. The molecular formula is C31H35N3O3. The van der Waals surface area contributed by atoms with Crippen molar-refractivity contribution >= 4 is 17.2 Å². The molecule has 0 radical (unpaired) electrons. The maximum Gasteiger partial charge on any atom is 0.143 e. The van der Waals surface area contributed by atoms with Crippen molar-refractivity contribution < 1.29 is 14.1 Å². The van der Waals surface area contributed by atoms with E-state index in [2.05, 4.69) is 67.2 Å². The number of allylic oxidation sites excluding steroid dienone is 1. The number of nitrogens with zero attached hydrogens (tertiary/aromatic N) is 3. The third-order valence-corrected chi connectivity index (χ3v) is 6.90. The van der Waals surface area contributed by atoms with Crippen LogP contribution >= 0.6 is 0 Å². The molecule has 1 aliphatic heterocycles. The van der Waals surface area contributed by atoms with E-state index in [1.807, 2.05) is 32.3 Å². The van der Waals surface area contributed by atoms with Gasteiger partial charge in [-0.3, -0.25) is 9.79 Å². The molecule has 0 fully saturated rings. The molecule has 0 saturated heterocycles. The van der Waals surface area contributed by atoms with Crippen LogP contribution in [0.5, 0.6) is 5.75 Å². The minimum atomic E-state index is -0.119. The van der Waals surface area contributed by atoms with Gasteiger partial charge >= 0.3 is 0 Å². The number of hydrogen-bond acceptors (Lipinski definition) is 6. The number of benzene rings is 2. The summed E-state index contributed by atoms with van der Waals surface area (Å²) in [5.41, 5.74) is 7.46. The van der Waals surface area contributed by atoms with Gasteiger partial charge in [-0.15, -0.1) is 0 Å². The number of likely N-dealkylation sites (N-methyl/N-ethyl adjacent to an activating group) is 1. The molecule has 192 valence electrons. The zero-order valence-electron chi connectivity index (χ0n) is 22.4. The summed E-state index contributed by atoms with van der Waals surface area (Å²) in [6, 6.07) is 16.5. The summed E-state index contributed by atoms with van der Waals surface area (Å²) in [4.78, 5) is 19.7. The summed E-state index contributed by atoms with van der Waals surface area (Å²) in [6.45, 7) is 7.77. The Hall–Kier alpha value is -3.51. The number of Topliss-reactive ketones (excluding diaryl/α,β-unsaturated/α-hetero) is 1. The molecule has 0 N–H and O–H groups in total. The second-order valence-corrected chi connectivity index (χ2v) is 11.3. The highest BCUT2D eigenvalue weighted by Crippen LogP contribution is 2.41. The highest BCUT2D eigenvalue weighted by molar-refractivity contribution is 6.05. The van der Waals surface area contributed by atoms with E-state index in [4.69, 9.17) is 14.3 Å². The first-order valence-corrected chi connectivity index (χ1v) is 12.9. The van der Waals surface area contributed by atoms with Gasteiger partial charge < -0.3 is 14.2 Å². The lowest BCUT2D eigenvalue weighted by atomic mass is 9.93. The summed E-state index contributed by atoms with van der Waals surface area (Å²) < 4.78 is 11.3. The van der Waals surface area contributed by atoms with Gasteiger partial charge in [0.25, 0.3) is 0 Å². The fourth-order valence-electron chi connectivity index (χ4n) is 4.80. The Bertz CT molecular complexity index is 1360. The van der Waals surface area contributed by atoms with E-state index in [9.17, 15) is 4.79 Å². The van der Waals surface area contributed by atoms with Crippen LogP contribution in [0.2, 0.25) is 0 Å². The molecule has 0 amide bonds. The molecular weight excluding hydrogens is 462 g/mol. The molecule has 0 spiro atoms. The number of hydrogen-bond donors (Lipinski definition) is 0. The van der Waals surface area contributed by atoms with Crippen LogP contribution in [0.25, 0.3) is 5.70 Å². The van der Waals surface area contributed by atoms with Crippen LogP contribution in [-0.2, 0) is 29.5 Å². The predicted molar refractivity (Wildman–Crippen MR) is 146 cm³/mol. The molecule has 0 bridgehead atoms. The van der Waals surface area contributed by atoms with Crippen LogP contribution in [-0.4, -0.2) is 48.8 Å². The van der Waals surface area contributed by atoms with Gasteiger partial charge in [0.05, 0.1) is 17.8 Å². The van der Waals surface area contributed by atoms with Crippen LogP contribution in [0.15, 0.2) is 64.1 Å². The van der Waals surface area contributed by atoms with Gasteiger partial charge in [0, 0.05) is 42.5 Å². The second kappa shape index (κ2) is 10.1. The molecule has 2 aliphatic rings. The van der Waals surface area contributed by atoms with Crippen molar-refractivity contribution in [3.05, 3.63) is 88.3 Å². The van der Waals surface area contributed by atoms with Crippen molar-refractivity contribution in [3.8, 4) is 5.75 Å². The van der Waals surface area contributed by atoms with Gasteiger partial charge in [0.1, 0.15) is 23.9 Å². The summed E-state index contributed by atoms with van der Waals surface area (Å²) in [7, 11) is 4.09. The number of carbonyl (C=O) groups is 1. The maximum atomic E-state index is 12.6. The first-order valence-electron chi connectivity index (χ1n) is 12.9. The highest BCUT2D eigenvalue weighted by atomic mass is 16.5. The quantitative estimate of drug-likeness (QED) is 0.396. The topological polar surface area (TPSA) is 67.9 Å². The third kappa shape index (κ3) is 5.75. The largest absolute Gasteiger partial charge is 0.492 e. The Kier molecular flexibility index (Phi) is 6.86. The second-order valence-electron chi connectivity index (χ2n) is 11.3. The van der Waals surface area contributed by atoms with Crippen molar-refractivity contribution in [1.82, 2.24) is 10.1 Å². The molecule has 37 heavy (non-hydrogen) atoms. The molecule has 2 heterocycles. The zero-order valence-corrected chi connectivity index (χ0v) is 22.4. The van der Waals surface area contributed by atoms with Gasteiger partial charge in [0.15, 0.2) is 0 Å². The highest BCUT2D eigenvalue weighted by Gasteiger charge is 2.32. The lowest BCUT2D eigenvalue weighted by molar-refractivity contribution is -0.117. The summed E-state index contributed by atoms with van der Waals surface area (Å²) >= 11 is 0. The number of aliphatic imine (C=N–C) groups is 1. The zero-order chi connectivity index (χ0) is 26.2. The minimum Gasteiger partial charge on any atom is -0.492 e. The maximum absolute atomic E-state index is 12.6. The lowest BCUT2D eigenvalue weighted by Gasteiger charge is -2.12. The Balaban J connectivity index is 1.20. The smallest absolute Gasteiger partial charge is 0.143 e. The number of ketones is 1. The van der Waals surface area contributed by atoms with Gasteiger partial charge in [-0.05, 0) is 54.6 Å². The standard InChI is InChI=1S/C31H35N3O3/c1-31(2,3)30-18-23(33-37-30)17-24(35)14-20-6-8-21(9-7-20)28-19-27-26-11-10-25(36-13-12-34(4)5)15-22(26)16-29(27)32-28/h6-11,15,18-19,27H,12-14,16-17H2,1-5H3. The molecule has 1 atom stereocenters. The SMILES string of the molecule is CN(C)CCOc1ccc2c(c1)CC1=NC(c3ccc(CC(=O)Cc4cc(C(C)(C)C)on4)cc3)=CC12. The van der Waals surface area contributed by atoms with Crippen molar-refractivity contribution in [2.24, 2.45) is 4.99 Å². The van der Waals surface area contributed by atoms with Crippen LogP contribution in [0.1, 0.15) is 60.4 Å². The van der Waals surface area contributed by atoms with Crippen molar-refractivity contribution in [3.63, 3.8) is 0 Å². The molecule has 3 aromatic rings. The van der Waals surface area contributed by atoms with E-state index in [0.29, 0.717) is 18.7 Å². The molecule has 1 aromatic heterocycles. The van der Waals surface area contributed by atoms with Gasteiger partial charge in [-0.2, -0.15) is 0 Å². The van der Waals surface area contributed by atoms with E-state index < -0.39 is 0 Å². The molecule has 5 rings (SSSR count). The van der Waals surface area contributed by atoms with Crippen molar-refractivity contribution in [2.75, 3.05) is 27.2 Å². The van der Waals surface area contributed by atoms with E-state index in [1.54, 1.807) is 0 Å². The Labute approximate surface area is 219 Å². The van der Waals surface area contributed by atoms with Crippen LogP contribution < -0.4 is 4.74 Å². The van der Waals surface area contributed by atoms with Gasteiger partial charge in [-0.25, -0.2) is 0 Å². The van der Waals surface area contributed by atoms with E-state index in [0.717, 1.165) is 41.3 Å². The average Bonchev–Trinajstić information content (AvgIpc) is 3.54. The third-order valence-electron chi connectivity index (χ3n) is 6.90. The van der Waals surface area contributed by atoms with Crippen LogP contribution in [0.3, 0.4) is 0 Å². The number of aromatic nitrogens is 1.